The predicted molar refractivity (Wildman–Crippen MR) is 97.2 cm³/mol. The lowest BCUT2D eigenvalue weighted by molar-refractivity contribution is 0.269. The monoisotopic (exact) mass is 328 g/mol. The molecule has 0 spiro atoms. The maximum atomic E-state index is 5.61. The predicted octanol–water partition coefficient (Wildman–Crippen LogP) is 3.84. The van der Waals surface area contributed by atoms with Crippen molar-refractivity contribution < 1.29 is 0 Å². The SMILES string of the molecule is CC(C)N1C(=S)N[C@@H](c2ccccn2)[C@H]1c1ccn(C(C)C)c1. The first-order valence-electron chi connectivity index (χ1n) is 8.16. The molecule has 1 N–H and O–H groups in total. The third kappa shape index (κ3) is 2.98. The van der Waals surface area contributed by atoms with Crippen molar-refractivity contribution in [2.45, 2.75) is 51.9 Å². The van der Waals surface area contributed by atoms with E-state index in [9.17, 15) is 0 Å². The molecule has 0 radical (unpaired) electrons. The second-order valence-corrected chi connectivity index (χ2v) is 7.00. The van der Waals surface area contributed by atoms with E-state index in [1.54, 1.807) is 0 Å². The summed E-state index contributed by atoms with van der Waals surface area (Å²) in [5, 5.41) is 4.28. The molecule has 0 aliphatic carbocycles. The largest absolute Gasteiger partial charge is 0.352 e. The van der Waals surface area contributed by atoms with Crippen molar-refractivity contribution in [1.82, 2.24) is 19.8 Å². The number of thiocarbonyl (C=S) groups is 1. The average Bonchev–Trinajstić information content (AvgIpc) is 3.12. The van der Waals surface area contributed by atoms with Crippen LogP contribution in [0.2, 0.25) is 0 Å². The van der Waals surface area contributed by atoms with Crippen molar-refractivity contribution in [3.63, 3.8) is 0 Å². The molecule has 2 aromatic heterocycles. The fraction of sp³-hybridized carbons (Fsp3) is 0.444. The van der Waals surface area contributed by atoms with Gasteiger partial charge < -0.3 is 14.8 Å². The number of pyridine rings is 1. The van der Waals surface area contributed by atoms with Crippen LogP contribution in [0.4, 0.5) is 0 Å². The van der Waals surface area contributed by atoms with Gasteiger partial charge in [0.05, 0.1) is 17.8 Å². The summed E-state index contributed by atoms with van der Waals surface area (Å²) in [5.74, 6) is 0. The van der Waals surface area contributed by atoms with Crippen molar-refractivity contribution in [2.24, 2.45) is 0 Å². The highest BCUT2D eigenvalue weighted by Crippen LogP contribution is 2.39. The van der Waals surface area contributed by atoms with Crippen LogP contribution in [0.25, 0.3) is 0 Å². The summed E-state index contributed by atoms with van der Waals surface area (Å²) < 4.78 is 2.24. The molecule has 3 heterocycles. The zero-order valence-electron chi connectivity index (χ0n) is 14.1. The molecule has 0 unspecified atom stereocenters. The minimum absolute atomic E-state index is 0.0779. The second kappa shape index (κ2) is 6.32. The molecule has 23 heavy (non-hydrogen) atoms. The van der Waals surface area contributed by atoms with Gasteiger partial charge in [0.2, 0.25) is 0 Å². The fourth-order valence-corrected chi connectivity index (χ4v) is 3.66. The number of hydrogen-bond acceptors (Lipinski definition) is 2. The van der Waals surface area contributed by atoms with E-state index < -0.39 is 0 Å². The van der Waals surface area contributed by atoms with Crippen LogP contribution in [0.15, 0.2) is 42.9 Å². The number of aromatic nitrogens is 2. The van der Waals surface area contributed by atoms with Gasteiger partial charge in [-0.2, -0.15) is 0 Å². The molecule has 1 fully saturated rings. The maximum Gasteiger partial charge on any atom is 0.170 e. The lowest BCUT2D eigenvalue weighted by atomic mass is 9.98. The van der Waals surface area contributed by atoms with Crippen LogP contribution in [0.5, 0.6) is 0 Å². The lowest BCUT2D eigenvalue weighted by Crippen LogP contribution is -2.35. The Morgan fingerprint density at radius 2 is 1.91 bits per heavy atom. The molecule has 2 aromatic rings. The number of rotatable bonds is 4. The van der Waals surface area contributed by atoms with E-state index in [0.29, 0.717) is 12.1 Å². The molecule has 0 saturated carbocycles. The van der Waals surface area contributed by atoms with Gasteiger partial charge in [-0.15, -0.1) is 0 Å². The quantitative estimate of drug-likeness (QED) is 0.865. The molecular formula is C18H24N4S. The maximum absolute atomic E-state index is 5.61. The Morgan fingerprint density at radius 3 is 2.48 bits per heavy atom. The molecule has 0 aromatic carbocycles. The van der Waals surface area contributed by atoms with Gasteiger partial charge in [-0.25, -0.2) is 0 Å². The van der Waals surface area contributed by atoms with Crippen molar-refractivity contribution >= 4 is 17.3 Å². The minimum Gasteiger partial charge on any atom is -0.352 e. The third-order valence-corrected chi connectivity index (χ3v) is 4.70. The molecule has 5 heteroatoms. The van der Waals surface area contributed by atoms with Crippen molar-refractivity contribution in [1.29, 1.82) is 0 Å². The van der Waals surface area contributed by atoms with Crippen molar-refractivity contribution in [2.75, 3.05) is 0 Å². The Bertz CT molecular complexity index is 677. The Labute approximate surface area is 143 Å². The van der Waals surface area contributed by atoms with Crippen LogP contribution in [-0.2, 0) is 0 Å². The molecule has 1 saturated heterocycles. The first-order valence-corrected chi connectivity index (χ1v) is 8.57. The Hall–Kier alpha value is -1.88. The summed E-state index contributed by atoms with van der Waals surface area (Å²) >= 11 is 5.61. The summed E-state index contributed by atoms with van der Waals surface area (Å²) in [5.41, 5.74) is 2.30. The van der Waals surface area contributed by atoms with Crippen LogP contribution < -0.4 is 5.32 Å². The van der Waals surface area contributed by atoms with Crippen LogP contribution in [0.1, 0.15) is 57.1 Å². The molecule has 2 atom stereocenters. The smallest absolute Gasteiger partial charge is 0.170 e. The van der Waals surface area contributed by atoms with E-state index in [-0.39, 0.29) is 12.1 Å². The summed E-state index contributed by atoms with van der Waals surface area (Å²) in [6.07, 6.45) is 6.22. The van der Waals surface area contributed by atoms with Gasteiger partial charge in [0.15, 0.2) is 5.11 Å². The van der Waals surface area contributed by atoms with E-state index in [2.05, 4.69) is 72.0 Å². The van der Waals surface area contributed by atoms with Crippen molar-refractivity contribution in [3.05, 3.63) is 54.1 Å². The molecular weight excluding hydrogens is 304 g/mol. The van der Waals surface area contributed by atoms with Crippen LogP contribution in [0, 0.1) is 0 Å². The van der Waals surface area contributed by atoms with Crippen molar-refractivity contribution in [3.8, 4) is 0 Å². The Balaban J connectivity index is 2.03. The first kappa shape index (κ1) is 16.0. The van der Waals surface area contributed by atoms with Gasteiger partial charge in [0.1, 0.15) is 0 Å². The highest BCUT2D eigenvalue weighted by atomic mass is 32.1. The first-order chi connectivity index (χ1) is 11.0. The normalized spacial score (nSPS) is 21.3. The van der Waals surface area contributed by atoms with Gasteiger partial charge in [0, 0.05) is 30.7 Å². The van der Waals surface area contributed by atoms with Crippen LogP contribution in [0.3, 0.4) is 0 Å². The zero-order chi connectivity index (χ0) is 16.6. The second-order valence-electron chi connectivity index (χ2n) is 6.61. The molecule has 1 aliphatic rings. The molecule has 122 valence electrons. The molecule has 4 nitrogen and oxygen atoms in total. The van der Waals surface area contributed by atoms with Gasteiger partial charge >= 0.3 is 0 Å². The topological polar surface area (TPSA) is 33.1 Å². The third-order valence-electron chi connectivity index (χ3n) is 4.37. The summed E-state index contributed by atoms with van der Waals surface area (Å²) in [4.78, 5) is 6.84. The average molecular weight is 328 g/mol. The van der Waals surface area contributed by atoms with Crippen LogP contribution in [-0.4, -0.2) is 25.6 Å². The van der Waals surface area contributed by atoms with E-state index in [1.165, 1.54) is 5.56 Å². The van der Waals surface area contributed by atoms with E-state index in [1.807, 2.05) is 18.3 Å². The minimum atomic E-state index is 0.0779. The molecule has 3 rings (SSSR count). The van der Waals surface area contributed by atoms with E-state index in [0.717, 1.165) is 10.8 Å². The standard InChI is InChI=1S/C18H24N4S/c1-12(2)21-10-8-14(11-21)17-16(15-7-5-6-9-19-15)20-18(23)22(17)13(3)4/h5-13,16-17H,1-4H3,(H,20,23)/t16-,17+/m0/s1. The van der Waals surface area contributed by atoms with E-state index in [4.69, 9.17) is 12.2 Å². The highest BCUT2D eigenvalue weighted by Gasteiger charge is 2.41. The number of hydrogen-bond donors (Lipinski definition) is 1. The number of nitrogens with zero attached hydrogens (tertiary/aromatic N) is 3. The van der Waals surface area contributed by atoms with Gasteiger partial charge in [-0.1, -0.05) is 6.07 Å². The van der Waals surface area contributed by atoms with Gasteiger partial charge in [0.25, 0.3) is 0 Å². The zero-order valence-corrected chi connectivity index (χ0v) is 14.9. The van der Waals surface area contributed by atoms with Gasteiger partial charge in [-0.3, -0.25) is 4.98 Å². The van der Waals surface area contributed by atoms with E-state index >= 15 is 0 Å². The summed E-state index contributed by atoms with van der Waals surface area (Å²) in [7, 11) is 0. The Morgan fingerprint density at radius 1 is 1.13 bits per heavy atom. The highest BCUT2D eigenvalue weighted by molar-refractivity contribution is 7.80. The molecule has 0 amide bonds. The van der Waals surface area contributed by atoms with Gasteiger partial charge in [-0.05, 0) is 63.7 Å². The lowest BCUT2D eigenvalue weighted by Gasteiger charge is -2.30. The fourth-order valence-electron chi connectivity index (χ4n) is 3.20. The summed E-state index contributed by atoms with van der Waals surface area (Å²) in [6.45, 7) is 8.75. The number of nitrogens with one attached hydrogen (secondary N) is 1. The Kier molecular flexibility index (Phi) is 4.39. The molecule has 1 aliphatic heterocycles. The van der Waals surface area contributed by atoms with Crippen LogP contribution >= 0.6 is 12.2 Å². The molecule has 0 bridgehead atoms. The summed E-state index contributed by atoms with van der Waals surface area (Å²) in [6, 6.07) is 9.26.